The Hall–Kier alpha value is -1.71. The van der Waals surface area contributed by atoms with Crippen LogP contribution in [0.25, 0.3) is 10.4 Å². The van der Waals surface area contributed by atoms with Gasteiger partial charge in [0.15, 0.2) is 0 Å². The maximum atomic E-state index is 11.2. The van der Waals surface area contributed by atoms with Crippen LogP contribution in [-0.4, -0.2) is 13.1 Å². The van der Waals surface area contributed by atoms with Crippen LogP contribution in [0.4, 0.5) is 5.69 Å². The molecule has 0 radical (unpaired) electrons. The second kappa shape index (κ2) is 4.68. The number of nitrogens with zero attached hydrogens (tertiary/aromatic N) is 3. The minimum Gasteiger partial charge on any atom is -0.465 e. The third-order valence-electron chi connectivity index (χ3n) is 1.84. The van der Waals surface area contributed by atoms with Crippen LogP contribution < -0.4 is 0 Å². The second-order valence-corrected chi connectivity index (χ2v) is 3.21. The highest BCUT2D eigenvalue weighted by molar-refractivity contribution is 6.33. The van der Waals surface area contributed by atoms with E-state index < -0.39 is 5.97 Å². The minimum atomic E-state index is -0.518. The summed E-state index contributed by atoms with van der Waals surface area (Å²) in [5.74, 6) is -0.518. The van der Waals surface area contributed by atoms with Gasteiger partial charge in [0.2, 0.25) is 0 Å². The average molecular weight is 226 g/mol. The van der Waals surface area contributed by atoms with Gasteiger partial charge in [-0.1, -0.05) is 16.7 Å². The summed E-state index contributed by atoms with van der Waals surface area (Å²) in [7, 11) is 1.27. The molecule has 0 saturated heterocycles. The molecule has 0 atom stereocenters. The Bertz CT molecular complexity index is 453. The lowest BCUT2D eigenvalue weighted by atomic mass is 10.1. The fourth-order valence-electron chi connectivity index (χ4n) is 1.09. The quantitative estimate of drug-likeness (QED) is 0.335. The summed E-state index contributed by atoms with van der Waals surface area (Å²) in [4.78, 5) is 13.9. The van der Waals surface area contributed by atoms with E-state index in [0.29, 0.717) is 11.3 Å². The predicted octanol–water partition coefficient (Wildman–Crippen LogP) is 3.38. The molecular weight excluding hydrogens is 218 g/mol. The number of benzene rings is 1. The van der Waals surface area contributed by atoms with Crippen molar-refractivity contribution in [3.63, 3.8) is 0 Å². The first kappa shape index (κ1) is 11.4. The Morgan fingerprint density at radius 3 is 2.80 bits per heavy atom. The van der Waals surface area contributed by atoms with Crippen molar-refractivity contribution in [2.45, 2.75) is 6.92 Å². The Labute approximate surface area is 91.2 Å². The molecule has 5 nitrogen and oxygen atoms in total. The SMILES string of the molecule is COC(=O)c1cc(C)c(N=[N+]=[N-])cc1Cl. The number of carbonyl (C=O) groups is 1. The fraction of sp³-hybridized carbons (Fsp3) is 0.222. The van der Waals surface area contributed by atoms with Gasteiger partial charge in [0.05, 0.1) is 17.7 Å². The van der Waals surface area contributed by atoms with Crippen molar-refractivity contribution in [3.05, 3.63) is 38.7 Å². The first-order chi connectivity index (χ1) is 7.10. The topological polar surface area (TPSA) is 75.1 Å². The molecule has 1 aromatic carbocycles. The van der Waals surface area contributed by atoms with E-state index in [4.69, 9.17) is 17.1 Å². The number of methoxy groups -OCH3 is 1. The Kier molecular flexibility index (Phi) is 3.55. The van der Waals surface area contributed by atoms with Gasteiger partial charge in [-0.2, -0.15) is 0 Å². The third kappa shape index (κ3) is 2.40. The number of ether oxygens (including phenoxy) is 1. The normalized spacial score (nSPS) is 9.27. The van der Waals surface area contributed by atoms with Gasteiger partial charge in [0.25, 0.3) is 0 Å². The number of hydrogen-bond acceptors (Lipinski definition) is 3. The lowest BCUT2D eigenvalue weighted by Gasteiger charge is -2.05. The standard InChI is InChI=1S/C9H8ClN3O2/c1-5-3-6(9(14)15-2)7(10)4-8(5)12-13-11/h3-4H,1-2H3. The van der Waals surface area contributed by atoms with Crippen LogP contribution in [0.2, 0.25) is 5.02 Å². The van der Waals surface area contributed by atoms with Crippen LogP contribution in [0, 0.1) is 6.92 Å². The molecule has 0 N–H and O–H groups in total. The number of halogens is 1. The Balaban J connectivity index is 3.31. The van der Waals surface area contributed by atoms with E-state index in [1.807, 2.05) is 0 Å². The molecule has 0 amide bonds. The highest BCUT2D eigenvalue weighted by atomic mass is 35.5. The largest absolute Gasteiger partial charge is 0.465 e. The summed E-state index contributed by atoms with van der Waals surface area (Å²) in [6, 6.07) is 2.96. The molecule has 0 aromatic heterocycles. The molecule has 0 bridgehead atoms. The van der Waals surface area contributed by atoms with Crippen molar-refractivity contribution in [2.75, 3.05) is 7.11 Å². The van der Waals surface area contributed by atoms with Gasteiger partial charge in [-0.15, -0.1) is 0 Å². The zero-order chi connectivity index (χ0) is 11.4. The van der Waals surface area contributed by atoms with Gasteiger partial charge in [-0.3, -0.25) is 0 Å². The van der Waals surface area contributed by atoms with Gasteiger partial charge in [0.1, 0.15) is 0 Å². The molecule has 0 saturated carbocycles. The zero-order valence-corrected chi connectivity index (χ0v) is 8.95. The zero-order valence-electron chi connectivity index (χ0n) is 8.19. The number of esters is 1. The molecule has 0 aliphatic carbocycles. The van der Waals surface area contributed by atoms with Crippen LogP contribution in [-0.2, 0) is 4.74 Å². The van der Waals surface area contributed by atoms with Gasteiger partial charge < -0.3 is 4.74 Å². The van der Waals surface area contributed by atoms with Crippen LogP contribution in [0.1, 0.15) is 15.9 Å². The lowest BCUT2D eigenvalue weighted by molar-refractivity contribution is 0.0601. The molecule has 0 aliphatic rings. The van der Waals surface area contributed by atoms with E-state index in [0.717, 1.165) is 0 Å². The van der Waals surface area contributed by atoms with Crippen LogP contribution in [0.5, 0.6) is 0 Å². The van der Waals surface area contributed by atoms with Crippen molar-refractivity contribution in [1.29, 1.82) is 0 Å². The van der Waals surface area contributed by atoms with E-state index >= 15 is 0 Å². The van der Waals surface area contributed by atoms with Crippen molar-refractivity contribution >= 4 is 23.3 Å². The van der Waals surface area contributed by atoms with Gasteiger partial charge in [0, 0.05) is 10.6 Å². The van der Waals surface area contributed by atoms with Crippen LogP contribution in [0.15, 0.2) is 17.2 Å². The molecular formula is C9H8ClN3O2. The van der Waals surface area contributed by atoms with Crippen molar-refractivity contribution < 1.29 is 9.53 Å². The van der Waals surface area contributed by atoms with E-state index in [1.165, 1.54) is 19.2 Å². The van der Waals surface area contributed by atoms with Crippen LogP contribution >= 0.6 is 11.6 Å². The summed E-state index contributed by atoms with van der Waals surface area (Å²) < 4.78 is 4.55. The minimum absolute atomic E-state index is 0.204. The number of rotatable bonds is 2. The summed E-state index contributed by atoms with van der Waals surface area (Å²) in [6.45, 7) is 1.72. The molecule has 1 aromatic rings. The highest BCUT2D eigenvalue weighted by Gasteiger charge is 2.12. The Morgan fingerprint density at radius 2 is 2.27 bits per heavy atom. The van der Waals surface area contributed by atoms with E-state index in [2.05, 4.69) is 14.8 Å². The molecule has 6 heteroatoms. The van der Waals surface area contributed by atoms with Gasteiger partial charge >= 0.3 is 5.97 Å². The summed E-state index contributed by atoms with van der Waals surface area (Å²) in [5, 5.41) is 3.64. The average Bonchev–Trinajstić information content (AvgIpc) is 2.22. The smallest absolute Gasteiger partial charge is 0.339 e. The molecule has 0 fully saturated rings. The number of azide groups is 1. The molecule has 1 rings (SSSR count). The summed E-state index contributed by atoms with van der Waals surface area (Å²) >= 11 is 5.83. The van der Waals surface area contributed by atoms with Crippen molar-refractivity contribution in [2.24, 2.45) is 5.11 Å². The number of hydrogen-bond donors (Lipinski definition) is 0. The Morgan fingerprint density at radius 1 is 1.60 bits per heavy atom. The van der Waals surface area contributed by atoms with E-state index in [1.54, 1.807) is 6.92 Å². The molecule has 78 valence electrons. The third-order valence-corrected chi connectivity index (χ3v) is 2.16. The first-order valence-corrected chi connectivity index (χ1v) is 4.41. The highest BCUT2D eigenvalue weighted by Crippen LogP contribution is 2.27. The fourth-order valence-corrected chi connectivity index (χ4v) is 1.33. The molecule has 0 aliphatic heterocycles. The van der Waals surface area contributed by atoms with E-state index in [-0.39, 0.29) is 10.6 Å². The summed E-state index contributed by atoms with van der Waals surface area (Å²) in [6.07, 6.45) is 0. The maximum Gasteiger partial charge on any atom is 0.339 e. The lowest BCUT2D eigenvalue weighted by Crippen LogP contribution is -2.02. The second-order valence-electron chi connectivity index (χ2n) is 2.80. The predicted molar refractivity (Wildman–Crippen MR) is 56.3 cm³/mol. The molecule has 15 heavy (non-hydrogen) atoms. The van der Waals surface area contributed by atoms with Crippen molar-refractivity contribution in [3.8, 4) is 0 Å². The van der Waals surface area contributed by atoms with Gasteiger partial charge in [-0.05, 0) is 30.2 Å². The molecule has 0 heterocycles. The van der Waals surface area contributed by atoms with Crippen LogP contribution in [0.3, 0.4) is 0 Å². The monoisotopic (exact) mass is 225 g/mol. The van der Waals surface area contributed by atoms with Gasteiger partial charge in [-0.25, -0.2) is 4.79 Å². The van der Waals surface area contributed by atoms with E-state index in [9.17, 15) is 4.79 Å². The van der Waals surface area contributed by atoms with Crippen molar-refractivity contribution in [1.82, 2.24) is 0 Å². The molecule has 0 unspecified atom stereocenters. The summed E-state index contributed by atoms with van der Waals surface area (Å²) in [5.41, 5.74) is 9.60. The molecule has 0 spiro atoms. The number of aryl methyl sites for hydroxylation is 1. The number of carbonyl (C=O) groups excluding carboxylic acids is 1. The first-order valence-electron chi connectivity index (χ1n) is 4.03. The maximum absolute atomic E-state index is 11.2.